The number of aryl methyl sites for hydroxylation is 1. The number of nitrogens with zero attached hydrogens (tertiary/aromatic N) is 4. The minimum Gasteiger partial charge on any atom is -0.444 e. The summed E-state index contributed by atoms with van der Waals surface area (Å²) in [7, 11) is 0. The molecule has 1 aromatic rings. The fourth-order valence-electron chi connectivity index (χ4n) is 5.48. The lowest BCUT2D eigenvalue weighted by Gasteiger charge is -2.46. The van der Waals surface area contributed by atoms with E-state index in [2.05, 4.69) is 36.4 Å². The van der Waals surface area contributed by atoms with Gasteiger partial charge < -0.3 is 14.5 Å². The van der Waals surface area contributed by atoms with E-state index >= 15 is 0 Å². The van der Waals surface area contributed by atoms with Crippen molar-refractivity contribution >= 4 is 11.8 Å². The molecule has 226 valence electrons. The van der Waals surface area contributed by atoms with Crippen molar-refractivity contribution < 1.29 is 22.7 Å². The maximum absolute atomic E-state index is 13.2. The van der Waals surface area contributed by atoms with Crippen LogP contribution in [0, 0.1) is 5.92 Å². The van der Waals surface area contributed by atoms with E-state index < -0.39 is 17.3 Å². The second-order valence-electron chi connectivity index (χ2n) is 12.2. The van der Waals surface area contributed by atoms with Gasteiger partial charge in [-0.05, 0) is 104 Å². The number of halogens is 3. The predicted octanol–water partition coefficient (Wildman–Crippen LogP) is 7.97. The van der Waals surface area contributed by atoms with Crippen molar-refractivity contribution in [1.82, 2.24) is 14.8 Å². The monoisotopic (exact) mass is 574 g/mol. The van der Waals surface area contributed by atoms with Crippen molar-refractivity contribution in [3.8, 4) is 0 Å². The number of allylic oxidation sites excluding steroid dienone is 4. The van der Waals surface area contributed by atoms with E-state index in [0.29, 0.717) is 43.8 Å². The molecule has 2 atom stereocenters. The molecular formula is C32H45F3N4O2. The highest BCUT2D eigenvalue weighted by molar-refractivity contribution is 6.05. The molecule has 2 fully saturated rings. The lowest BCUT2D eigenvalue weighted by Crippen LogP contribution is -2.58. The number of alkyl halides is 3. The van der Waals surface area contributed by atoms with Gasteiger partial charge >= 0.3 is 12.3 Å². The van der Waals surface area contributed by atoms with Gasteiger partial charge in [0.2, 0.25) is 0 Å². The van der Waals surface area contributed by atoms with Crippen LogP contribution in [0.25, 0.3) is 0 Å². The standard InChI is InChI=1S/C32H45F3N4O2/c1-9-27(25-14-15-25)29(23(5)38-19-22(4)39(20-21(38)3)30(40)41-31(6,7)8)28(37-10-2)13-11-12-24-16-26(18-36-17-24)32(33,34)35/h9-10,16-18,21-22,25H,2,11-15,19-20H2,1,3-8H3/b27-9-,29-23+,37-28?/t21-,22+/m0/s1. The van der Waals surface area contributed by atoms with Crippen LogP contribution in [-0.2, 0) is 17.3 Å². The Hall–Kier alpha value is -3.10. The maximum atomic E-state index is 13.2. The lowest BCUT2D eigenvalue weighted by molar-refractivity contribution is -0.137. The summed E-state index contributed by atoms with van der Waals surface area (Å²) in [5, 5.41) is 0. The minimum atomic E-state index is -4.42. The summed E-state index contributed by atoms with van der Waals surface area (Å²) < 4.78 is 45.2. The fourth-order valence-corrected chi connectivity index (χ4v) is 5.48. The third-order valence-corrected chi connectivity index (χ3v) is 7.56. The Morgan fingerprint density at radius 1 is 1.15 bits per heavy atom. The Morgan fingerprint density at radius 2 is 1.78 bits per heavy atom. The minimum absolute atomic E-state index is 0.0483. The van der Waals surface area contributed by atoms with Gasteiger partial charge in [-0.25, -0.2) is 4.79 Å². The molecule has 0 unspecified atom stereocenters. The van der Waals surface area contributed by atoms with Gasteiger partial charge in [0.1, 0.15) is 5.60 Å². The van der Waals surface area contributed by atoms with Crippen molar-refractivity contribution in [2.24, 2.45) is 10.9 Å². The Bertz CT molecular complexity index is 1190. The number of amides is 1. The van der Waals surface area contributed by atoms with Gasteiger partial charge in [-0.3, -0.25) is 9.98 Å². The van der Waals surface area contributed by atoms with E-state index in [4.69, 9.17) is 9.73 Å². The number of ether oxygens (including phenoxy) is 1. The molecule has 0 spiro atoms. The van der Waals surface area contributed by atoms with Crippen molar-refractivity contribution in [2.75, 3.05) is 13.1 Å². The number of aliphatic imine (C=N–C) groups is 1. The summed E-state index contributed by atoms with van der Waals surface area (Å²) >= 11 is 0. The molecule has 1 aliphatic carbocycles. The summed E-state index contributed by atoms with van der Waals surface area (Å²) in [6.45, 7) is 19.0. The maximum Gasteiger partial charge on any atom is 0.417 e. The highest BCUT2D eigenvalue weighted by Crippen LogP contribution is 2.42. The Kier molecular flexibility index (Phi) is 10.5. The van der Waals surface area contributed by atoms with Gasteiger partial charge in [0.05, 0.1) is 5.56 Å². The van der Waals surface area contributed by atoms with Crippen LogP contribution in [0.2, 0.25) is 0 Å². The third kappa shape index (κ3) is 8.69. The van der Waals surface area contributed by atoms with Gasteiger partial charge in [0.25, 0.3) is 0 Å². The van der Waals surface area contributed by atoms with Crippen LogP contribution in [-0.4, -0.2) is 57.4 Å². The molecule has 0 aromatic carbocycles. The summed E-state index contributed by atoms with van der Waals surface area (Å²) in [4.78, 5) is 25.6. The van der Waals surface area contributed by atoms with E-state index in [0.717, 1.165) is 36.0 Å². The SMILES string of the molecule is C=CN=C(CCCc1cncc(C(F)(F)F)c1)C(/C(=C\C)C1CC1)=C(\C)N1C[C@@H](C)N(C(=O)OC(C)(C)C)C[C@@H]1C. The first kappa shape index (κ1) is 32.4. The Morgan fingerprint density at radius 3 is 2.34 bits per heavy atom. The lowest BCUT2D eigenvalue weighted by atomic mass is 9.90. The summed E-state index contributed by atoms with van der Waals surface area (Å²) in [5.41, 5.74) is 3.56. The van der Waals surface area contributed by atoms with E-state index in [1.807, 2.05) is 34.6 Å². The van der Waals surface area contributed by atoms with Crippen LogP contribution in [0.3, 0.4) is 0 Å². The summed E-state index contributed by atoms with van der Waals surface area (Å²) in [6, 6.07) is 1.17. The van der Waals surface area contributed by atoms with Crippen LogP contribution >= 0.6 is 0 Å². The molecule has 0 bridgehead atoms. The second-order valence-corrected chi connectivity index (χ2v) is 12.2. The first-order valence-corrected chi connectivity index (χ1v) is 14.5. The molecule has 2 aliphatic rings. The number of hydrogen-bond donors (Lipinski definition) is 0. The fraction of sp³-hybridized carbons (Fsp3) is 0.594. The highest BCUT2D eigenvalue weighted by atomic mass is 19.4. The smallest absolute Gasteiger partial charge is 0.417 e. The van der Waals surface area contributed by atoms with Crippen molar-refractivity contribution in [3.63, 3.8) is 0 Å². The first-order chi connectivity index (χ1) is 19.2. The second kappa shape index (κ2) is 13.3. The van der Waals surface area contributed by atoms with Crippen LogP contribution in [0.1, 0.15) is 85.3 Å². The average molecular weight is 575 g/mol. The number of piperazine rings is 1. The molecule has 0 radical (unpaired) electrons. The van der Waals surface area contributed by atoms with Crippen molar-refractivity contribution in [1.29, 1.82) is 0 Å². The van der Waals surface area contributed by atoms with Crippen molar-refractivity contribution in [2.45, 2.75) is 104 Å². The zero-order chi connectivity index (χ0) is 30.5. The Labute approximate surface area is 243 Å². The van der Waals surface area contributed by atoms with Crippen molar-refractivity contribution in [3.05, 3.63) is 65.3 Å². The largest absolute Gasteiger partial charge is 0.444 e. The summed E-state index contributed by atoms with van der Waals surface area (Å²) in [5.74, 6) is 0.461. The number of hydrogen-bond acceptors (Lipinski definition) is 5. The number of pyridine rings is 1. The van der Waals surface area contributed by atoms with E-state index in [-0.39, 0.29) is 18.2 Å². The number of carbonyl (C=O) groups is 1. The normalized spacial score (nSPS) is 21.5. The van der Waals surface area contributed by atoms with Gasteiger partial charge in [-0.15, -0.1) is 0 Å². The molecule has 1 aromatic heterocycles. The number of rotatable bonds is 9. The van der Waals surface area contributed by atoms with Crippen LogP contribution in [0.15, 0.2) is 59.2 Å². The quantitative estimate of drug-likeness (QED) is 0.222. The first-order valence-electron chi connectivity index (χ1n) is 14.5. The van der Waals surface area contributed by atoms with Crippen LogP contribution in [0.5, 0.6) is 0 Å². The molecule has 1 saturated carbocycles. The molecule has 9 heteroatoms. The Balaban J connectivity index is 1.88. The molecular weight excluding hydrogens is 529 g/mol. The summed E-state index contributed by atoms with van der Waals surface area (Å²) in [6.07, 6.45) is 5.23. The molecule has 1 saturated heterocycles. The van der Waals surface area contributed by atoms with Gasteiger partial charge in [-0.1, -0.05) is 12.7 Å². The van der Waals surface area contributed by atoms with Gasteiger partial charge in [-0.2, -0.15) is 13.2 Å². The van der Waals surface area contributed by atoms with E-state index in [1.54, 1.807) is 11.1 Å². The molecule has 6 nitrogen and oxygen atoms in total. The predicted molar refractivity (Wildman–Crippen MR) is 158 cm³/mol. The molecule has 2 heterocycles. The third-order valence-electron chi connectivity index (χ3n) is 7.56. The number of aromatic nitrogens is 1. The zero-order valence-corrected chi connectivity index (χ0v) is 25.5. The zero-order valence-electron chi connectivity index (χ0n) is 25.5. The van der Waals surface area contributed by atoms with Gasteiger partial charge in [0.15, 0.2) is 0 Å². The molecule has 3 rings (SSSR count). The average Bonchev–Trinajstić information content (AvgIpc) is 3.71. The molecule has 1 aliphatic heterocycles. The van der Waals surface area contributed by atoms with Crippen LogP contribution < -0.4 is 0 Å². The molecule has 0 N–H and O–H groups in total. The molecule has 1 amide bonds. The van der Waals surface area contributed by atoms with E-state index in [1.165, 1.54) is 17.8 Å². The van der Waals surface area contributed by atoms with E-state index in [9.17, 15) is 18.0 Å². The van der Waals surface area contributed by atoms with Gasteiger partial charge in [0, 0.05) is 60.7 Å². The molecule has 41 heavy (non-hydrogen) atoms. The number of carbonyl (C=O) groups excluding carboxylic acids is 1. The topological polar surface area (TPSA) is 58.0 Å². The highest BCUT2D eigenvalue weighted by Gasteiger charge is 2.37. The van der Waals surface area contributed by atoms with Crippen LogP contribution in [0.4, 0.5) is 18.0 Å².